The number of carbonyl (C=O) groups excluding carboxylic acids is 1. The van der Waals surface area contributed by atoms with E-state index in [2.05, 4.69) is 25.6 Å². The lowest BCUT2D eigenvalue weighted by molar-refractivity contribution is -0.0407. The van der Waals surface area contributed by atoms with E-state index in [4.69, 9.17) is 14.7 Å². The van der Waals surface area contributed by atoms with E-state index in [9.17, 15) is 14.3 Å². The Kier molecular flexibility index (Phi) is 5.90. The summed E-state index contributed by atoms with van der Waals surface area (Å²) in [4.78, 5) is 23.2. The third kappa shape index (κ3) is 4.32. The Labute approximate surface area is 192 Å². The number of hydrogen-bond acceptors (Lipinski definition) is 9. The zero-order valence-corrected chi connectivity index (χ0v) is 17.8. The second-order valence-corrected chi connectivity index (χ2v) is 8.02. The van der Waals surface area contributed by atoms with Gasteiger partial charge in [0.15, 0.2) is 6.10 Å². The Hall–Kier alpha value is -3.90. The third-order valence-corrected chi connectivity index (χ3v) is 5.72. The lowest BCUT2D eigenvalue weighted by atomic mass is 10.0. The van der Waals surface area contributed by atoms with E-state index in [1.807, 2.05) is 0 Å². The number of aliphatic hydroxyl groups is 2. The standard InChI is InChI=1S/C22H21FN6O5/c23-17-6-14(29-10-15(33-22(29)32)5-13-9-25-28-26-13)2-3-16(17)12-1-4-18(24-8-12)19-7-21(34-27-19)20(31)11-30/h1-4,6,8-9,15,20-21,30-31H,5,7,10-11H2,(H,25,26,28)/t15-,20-,21-/m1/s1. The molecule has 5 rings (SSSR count). The molecule has 0 radical (unpaired) electrons. The molecule has 2 aliphatic rings. The maximum Gasteiger partial charge on any atom is 0.414 e. The van der Waals surface area contributed by atoms with Crippen molar-refractivity contribution in [1.29, 1.82) is 0 Å². The number of oxime groups is 1. The van der Waals surface area contributed by atoms with Crippen LogP contribution < -0.4 is 4.90 Å². The Morgan fingerprint density at radius 1 is 1.29 bits per heavy atom. The summed E-state index contributed by atoms with van der Waals surface area (Å²) in [7, 11) is 0. The highest BCUT2D eigenvalue weighted by atomic mass is 19.1. The van der Waals surface area contributed by atoms with Crippen LogP contribution in [0.5, 0.6) is 0 Å². The van der Waals surface area contributed by atoms with Crippen molar-refractivity contribution in [3.8, 4) is 11.1 Å². The third-order valence-electron chi connectivity index (χ3n) is 5.72. The number of anilines is 1. The number of nitrogens with one attached hydrogen (secondary N) is 1. The summed E-state index contributed by atoms with van der Waals surface area (Å²) in [6.07, 6.45) is 1.26. The van der Waals surface area contributed by atoms with E-state index in [0.29, 0.717) is 46.8 Å². The van der Waals surface area contributed by atoms with Gasteiger partial charge >= 0.3 is 6.09 Å². The van der Waals surface area contributed by atoms with Gasteiger partial charge in [-0.15, -0.1) is 5.10 Å². The van der Waals surface area contributed by atoms with Gasteiger partial charge in [0.2, 0.25) is 0 Å². The van der Waals surface area contributed by atoms with Gasteiger partial charge in [0, 0.05) is 36.4 Å². The van der Waals surface area contributed by atoms with E-state index < -0.39 is 36.8 Å². The molecule has 34 heavy (non-hydrogen) atoms. The molecule has 1 saturated heterocycles. The van der Waals surface area contributed by atoms with Gasteiger partial charge < -0.3 is 19.8 Å². The molecular weight excluding hydrogens is 447 g/mol. The molecule has 0 aliphatic carbocycles. The van der Waals surface area contributed by atoms with Crippen LogP contribution >= 0.6 is 0 Å². The highest BCUT2D eigenvalue weighted by molar-refractivity contribution is 5.99. The monoisotopic (exact) mass is 468 g/mol. The first-order valence-electron chi connectivity index (χ1n) is 10.6. The minimum Gasteiger partial charge on any atom is -0.444 e. The van der Waals surface area contributed by atoms with Gasteiger partial charge in [0.05, 0.1) is 30.2 Å². The Morgan fingerprint density at radius 2 is 2.18 bits per heavy atom. The summed E-state index contributed by atoms with van der Waals surface area (Å²) in [5.41, 5.74) is 3.01. The van der Waals surface area contributed by atoms with Crippen LogP contribution in [0.1, 0.15) is 17.8 Å². The van der Waals surface area contributed by atoms with E-state index >= 15 is 0 Å². The first-order chi connectivity index (χ1) is 16.5. The topological polar surface area (TPSA) is 146 Å². The number of pyridine rings is 1. The smallest absolute Gasteiger partial charge is 0.414 e. The predicted octanol–water partition coefficient (Wildman–Crippen LogP) is 1.42. The fourth-order valence-electron chi connectivity index (χ4n) is 3.90. The van der Waals surface area contributed by atoms with Gasteiger partial charge in [-0.05, 0) is 24.3 Å². The van der Waals surface area contributed by atoms with Crippen molar-refractivity contribution in [2.45, 2.75) is 31.2 Å². The van der Waals surface area contributed by atoms with Gasteiger partial charge in [-0.2, -0.15) is 0 Å². The van der Waals surface area contributed by atoms with Crippen molar-refractivity contribution >= 4 is 17.5 Å². The number of rotatable bonds is 7. The molecule has 4 heterocycles. The van der Waals surface area contributed by atoms with Crippen LogP contribution in [-0.4, -0.2) is 73.9 Å². The first-order valence-corrected chi connectivity index (χ1v) is 10.6. The second kappa shape index (κ2) is 9.15. The molecule has 0 saturated carbocycles. The molecule has 11 nitrogen and oxygen atoms in total. The molecule has 0 spiro atoms. The van der Waals surface area contributed by atoms with Gasteiger partial charge in [-0.1, -0.05) is 16.4 Å². The van der Waals surface area contributed by atoms with E-state index in [1.165, 1.54) is 17.2 Å². The Bertz CT molecular complexity index is 1200. The highest BCUT2D eigenvalue weighted by Crippen LogP contribution is 2.30. The highest BCUT2D eigenvalue weighted by Gasteiger charge is 2.33. The number of nitrogens with zero attached hydrogens (tertiary/aromatic N) is 5. The molecule has 1 amide bonds. The van der Waals surface area contributed by atoms with Gasteiger partial charge in [0.1, 0.15) is 23.7 Å². The van der Waals surface area contributed by atoms with Gasteiger partial charge in [-0.3, -0.25) is 15.0 Å². The number of cyclic esters (lactones) is 1. The maximum absolute atomic E-state index is 15.0. The van der Waals surface area contributed by atoms with E-state index in [1.54, 1.807) is 30.5 Å². The van der Waals surface area contributed by atoms with Crippen LogP contribution in [0.25, 0.3) is 11.1 Å². The Balaban J connectivity index is 1.27. The normalized spacial score (nSPS) is 20.7. The molecule has 2 aromatic heterocycles. The number of aromatic nitrogens is 4. The summed E-state index contributed by atoms with van der Waals surface area (Å²) in [6, 6.07) is 7.92. The molecule has 3 N–H and O–H groups in total. The van der Waals surface area contributed by atoms with Crippen LogP contribution in [-0.2, 0) is 16.0 Å². The molecule has 2 aliphatic heterocycles. The summed E-state index contributed by atoms with van der Waals surface area (Å²) < 4.78 is 20.3. The predicted molar refractivity (Wildman–Crippen MR) is 116 cm³/mol. The van der Waals surface area contributed by atoms with Gasteiger partial charge in [0.25, 0.3) is 0 Å². The minimum atomic E-state index is -1.03. The SMILES string of the molecule is O=C1O[C@H](Cc2c[nH]nn2)CN1c1ccc(-c2ccc(C3=NO[C@@H]([C@H](O)CO)C3)nc2)c(F)c1. The molecular formula is C22H21FN6O5. The average molecular weight is 468 g/mol. The summed E-state index contributed by atoms with van der Waals surface area (Å²) >= 11 is 0. The fraction of sp³-hybridized carbons (Fsp3) is 0.318. The number of aliphatic hydroxyl groups excluding tert-OH is 2. The number of amides is 1. The molecule has 1 aromatic carbocycles. The second-order valence-electron chi connectivity index (χ2n) is 8.02. The van der Waals surface area contributed by atoms with Crippen LogP contribution in [0.2, 0.25) is 0 Å². The summed E-state index contributed by atoms with van der Waals surface area (Å²) in [6.45, 7) is -0.149. The van der Waals surface area contributed by atoms with Crippen LogP contribution in [0.4, 0.5) is 14.9 Å². The van der Waals surface area contributed by atoms with Crippen molar-refractivity contribution in [1.82, 2.24) is 20.4 Å². The summed E-state index contributed by atoms with van der Waals surface area (Å²) in [5, 5.41) is 32.8. The molecule has 3 aromatic rings. The number of aromatic amines is 1. The zero-order valence-electron chi connectivity index (χ0n) is 17.8. The largest absolute Gasteiger partial charge is 0.444 e. The molecule has 12 heteroatoms. The zero-order chi connectivity index (χ0) is 23.7. The number of benzene rings is 1. The number of halogens is 1. The Morgan fingerprint density at radius 3 is 2.88 bits per heavy atom. The lowest BCUT2D eigenvalue weighted by Gasteiger charge is -2.14. The van der Waals surface area contributed by atoms with Crippen molar-refractivity contribution in [2.75, 3.05) is 18.1 Å². The number of H-pyrrole nitrogens is 1. The van der Waals surface area contributed by atoms with Crippen LogP contribution in [0.3, 0.4) is 0 Å². The number of ether oxygens (including phenoxy) is 1. The van der Waals surface area contributed by atoms with E-state index in [-0.39, 0.29) is 6.54 Å². The number of hydrogen-bond donors (Lipinski definition) is 3. The van der Waals surface area contributed by atoms with Crippen molar-refractivity contribution in [3.63, 3.8) is 0 Å². The molecule has 0 unspecified atom stereocenters. The van der Waals surface area contributed by atoms with Crippen LogP contribution in [0, 0.1) is 5.82 Å². The maximum atomic E-state index is 15.0. The molecule has 1 fully saturated rings. The lowest BCUT2D eigenvalue weighted by Crippen LogP contribution is -2.29. The van der Waals surface area contributed by atoms with Crippen molar-refractivity contribution in [2.24, 2.45) is 5.16 Å². The minimum absolute atomic E-state index is 0.275. The fourth-order valence-corrected chi connectivity index (χ4v) is 3.90. The molecule has 3 atom stereocenters. The first kappa shape index (κ1) is 21.9. The molecule has 0 bridgehead atoms. The van der Waals surface area contributed by atoms with Gasteiger partial charge in [-0.25, -0.2) is 9.18 Å². The number of carbonyl (C=O) groups is 1. The summed E-state index contributed by atoms with van der Waals surface area (Å²) in [5.74, 6) is -0.507. The molecule has 176 valence electrons. The van der Waals surface area contributed by atoms with Crippen LogP contribution in [0.15, 0.2) is 47.9 Å². The quantitative estimate of drug-likeness (QED) is 0.472. The average Bonchev–Trinajstić information content (AvgIpc) is 3.61. The van der Waals surface area contributed by atoms with Crippen molar-refractivity contribution in [3.05, 3.63) is 59.9 Å². The van der Waals surface area contributed by atoms with Crippen molar-refractivity contribution < 1.29 is 29.0 Å². The van der Waals surface area contributed by atoms with E-state index in [0.717, 1.165) is 0 Å².